The Kier molecular flexibility index (Phi) is 6.36. The minimum atomic E-state index is -1.06. The van der Waals surface area contributed by atoms with Crippen LogP contribution in [0, 0.1) is 0 Å². The molecule has 0 radical (unpaired) electrons. The molecular weight excluding hydrogens is 376 g/mol. The average Bonchev–Trinajstić information content (AvgIpc) is 2.93. The second kappa shape index (κ2) is 8.93. The number of carbonyl (C=O) groups excluding carboxylic acids is 2. The van der Waals surface area contributed by atoms with Crippen LogP contribution in [0.25, 0.3) is 0 Å². The van der Waals surface area contributed by atoms with Gasteiger partial charge in [-0.3, -0.25) is 4.79 Å². The van der Waals surface area contributed by atoms with E-state index in [1.54, 1.807) is 4.90 Å². The normalized spacial score (nSPS) is 19.1. The number of nitrogens with zero attached hydrogens (tertiary/aromatic N) is 2. The minimum absolute atomic E-state index is 0.0993. The third-order valence-electron chi connectivity index (χ3n) is 4.69. The maximum absolute atomic E-state index is 13.2. The van der Waals surface area contributed by atoms with Gasteiger partial charge in [-0.15, -0.1) is 0 Å². The maximum atomic E-state index is 13.2. The number of aliphatic carboxylic acids is 1. The van der Waals surface area contributed by atoms with Gasteiger partial charge in [0.05, 0.1) is 6.04 Å². The number of carboxylic acids is 1. The van der Waals surface area contributed by atoms with Crippen LogP contribution in [-0.2, 0) is 22.7 Å². The van der Waals surface area contributed by atoms with E-state index < -0.39 is 18.1 Å². The highest BCUT2D eigenvalue weighted by Crippen LogP contribution is 2.30. The molecule has 0 bridgehead atoms. The molecule has 1 fully saturated rings. The first-order valence-corrected chi connectivity index (χ1v) is 9.97. The number of hydrogen-bond acceptors (Lipinski definition) is 4. The molecule has 28 heavy (non-hydrogen) atoms. The lowest BCUT2D eigenvalue weighted by Gasteiger charge is -2.24. The molecular formula is C21H22N2O4S. The summed E-state index contributed by atoms with van der Waals surface area (Å²) in [5.41, 5.74) is 1.78. The fourth-order valence-corrected chi connectivity index (χ4v) is 4.16. The van der Waals surface area contributed by atoms with E-state index >= 15 is 0 Å². The Morgan fingerprint density at radius 1 is 0.929 bits per heavy atom. The molecule has 3 rings (SSSR count). The van der Waals surface area contributed by atoms with Gasteiger partial charge in [-0.2, -0.15) is 0 Å². The van der Waals surface area contributed by atoms with Crippen molar-refractivity contribution in [1.82, 2.24) is 9.80 Å². The molecule has 1 aliphatic rings. The summed E-state index contributed by atoms with van der Waals surface area (Å²) in [4.78, 5) is 39.7. The van der Waals surface area contributed by atoms with Crippen molar-refractivity contribution in [3.05, 3.63) is 71.8 Å². The van der Waals surface area contributed by atoms with Gasteiger partial charge >= 0.3 is 12.0 Å². The molecule has 0 saturated carbocycles. The van der Waals surface area contributed by atoms with E-state index in [0.29, 0.717) is 6.54 Å². The zero-order valence-electron chi connectivity index (χ0n) is 15.5. The summed E-state index contributed by atoms with van der Waals surface area (Å²) in [6.07, 6.45) is 0. The van der Waals surface area contributed by atoms with Crippen LogP contribution in [-0.4, -0.2) is 49.9 Å². The molecule has 0 spiro atoms. The van der Waals surface area contributed by atoms with Crippen LogP contribution in [0.15, 0.2) is 60.7 Å². The topological polar surface area (TPSA) is 77.9 Å². The first-order valence-electron chi connectivity index (χ1n) is 8.98. The van der Waals surface area contributed by atoms with Crippen molar-refractivity contribution >= 4 is 28.9 Å². The summed E-state index contributed by atoms with van der Waals surface area (Å²) in [6.45, 7) is 1.96. The zero-order valence-corrected chi connectivity index (χ0v) is 16.3. The van der Waals surface area contributed by atoms with E-state index in [4.69, 9.17) is 0 Å². The standard InChI is InChI=1S/C21H22N2O4S/c1-15(24)28-14-18-19(20(25)26)23(13-17-10-6-3-7-11-17)21(27)22(18)12-16-8-4-2-5-9-16/h2-11,18-19H,12-14H2,1H3,(H,25,26)/t18-,19-/m0/s1. The summed E-state index contributed by atoms with van der Waals surface area (Å²) in [7, 11) is 0. The Morgan fingerprint density at radius 2 is 1.43 bits per heavy atom. The van der Waals surface area contributed by atoms with Crippen molar-refractivity contribution in [2.45, 2.75) is 32.1 Å². The lowest BCUT2D eigenvalue weighted by atomic mass is 10.1. The van der Waals surface area contributed by atoms with Crippen molar-refractivity contribution in [2.75, 3.05) is 5.75 Å². The van der Waals surface area contributed by atoms with Crippen LogP contribution in [0.5, 0.6) is 0 Å². The van der Waals surface area contributed by atoms with Crippen LogP contribution >= 0.6 is 11.8 Å². The molecule has 0 aliphatic carbocycles. The first-order chi connectivity index (χ1) is 13.5. The summed E-state index contributed by atoms with van der Waals surface area (Å²) in [5, 5.41) is 9.78. The Morgan fingerprint density at radius 3 is 1.89 bits per heavy atom. The molecule has 1 aliphatic heterocycles. The van der Waals surface area contributed by atoms with E-state index in [0.717, 1.165) is 22.9 Å². The number of amides is 2. The summed E-state index contributed by atoms with van der Waals surface area (Å²) < 4.78 is 0. The van der Waals surface area contributed by atoms with Gasteiger partial charge in [-0.05, 0) is 11.1 Å². The largest absolute Gasteiger partial charge is 0.480 e. The lowest BCUT2D eigenvalue weighted by Crippen LogP contribution is -2.44. The van der Waals surface area contributed by atoms with Gasteiger partial charge in [0.25, 0.3) is 0 Å². The van der Waals surface area contributed by atoms with E-state index in [2.05, 4.69) is 0 Å². The third-order valence-corrected chi connectivity index (χ3v) is 5.61. The van der Waals surface area contributed by atoms with Crippen LogP contribution in [0.3, 0.4) is 0 Å². The average molecular weight is 398 g/mol. The predicted octanol–water partition coefficient (Wildman–Crippen LogP) is 3.23. The molecule has 1 heterocycles. The number of rotatable bonds is 7. The summed E-state index contributed by atoms with van der Waals surface area (Å²) in [6, 6.07) is 16.8. The molecule has 1 N–H and O–H groups in total. The van der Waals surface area contributed by atoms with E-state index in [-0.39, 0.29) is 23.4 Å². The molecule has 146 valence electrons. The van der Waals surface area contributed by atoms with Gasteiger partial charge in [-0.25, -0.2) is 9.59 Å². The van der Waals surface area contributed by atoms with Crippen molar-refractivity contribution in [2.24, 2.45) is 0 Å². The van der Waals surface area contributed by atoms with Gasteiger partial charge in [0.15, 0.2) is 11.2 Å². The molecule has 0 unspecified atom stereocenters. The Hall–Kier alpha value is -2.80. The van der Waals surface area contributed by atoms with Gasteiger partial charge in [0.2, 0.25) is 0 Å². The summed E-state index contributed by atoms with van der Waals surface area (Å²) >= 11 is 1.05. The molecule has 2 aromatic carbocycles. The number of urea groups is 1. The van der Waals surface area contributed by atoms with Crippen molar-refractivity contribution in [3.8, 4) is 0 Å². The van der Waals surface area contributed by atoms with Crippen molar-refractivity contribution in [1.29, 1.82) is 0 Å². The highest BCUT2D eigenvalue weighted by molar-refractivity contribution is 8.13. The van der Waals surface area contributed by atoms with Crippen molar-refractivity contribution in [3.63, 3.8) is 0 Å². The lowest BCUT2D eigenvalue weighted by molar-refractivity contribution is -0.142. The smallest absolute Gasteiger partial charge is 0.328 e. The van der Waals surface area contributed by atoms with Crippen LogP contribution in [0.1, 0.15) is 18.1 Å². The van der Waals surface area contributed by atoms with Crippen LogP contribution in [0.2, 0.25) is 0 Å². The van der Waals surface area contributed by atoms with E-state index in [1.807, 2.05) is 60.7 Å². The molecule has 2 aromatic rings. The number of carbonyl (C=O) groups is 3. The van der Waals surface area contributed by atoms with Gasteiger partial charge < -0.3 is 14.9 Å². The van der Waals surface area contributed by atoms with Crippen LogP contribution in [0.4, 0.5) is 4.79 Å². The molecule has 1 saturated heterocycles. The van der Waals surface area contributed by atoms with Gasteiger partial charge in [-0.1, -0.05) is 72.4 Å². The second-order valence-corrected chi connectivity index (χ2v) is 7.86. The third kappa shape index (κ3) is 4.54. The first kappa shape index (κ1) is 19.9. The number of benzene rings is 2. The maximum Gasteiger partial charge on any atom is 0.328 e. The van der Waals surface area contributed by atoms with Gasteiger partial charge in [0, 0.05) is 25.8 Å². The molecule has 7 heteroatoms. The Bertz CT molecular complexity index is 844. The van der Waals surface area contributed by atoms with Gasteiger partial charge in [0.1, 0.15) is 0 Å². The fourth-order valence-electron chi connectivity index (χ4n) is 3.40. The highest BCUT2D eigenvalue weighted by Gasteiger charge is 2.49. The van der Waals surface area contributed by atoms with Crippen molar-refractivity contribution < 1.29 is 19.5 Å². The molecule has 0 aromatic heterocycles. The molecule has 6 nitrogen and oxygen atoms in total. The number of hydrogen-bond donors (Lipinski definition) is 1. The molecule has 2 atom stereocenters. The predicted molar refractivity (Wildman–Crippen MR) is 108 cm³/mol. The van der Waals surface area contributed by atoms with E-state index in [1.165, 1.54) is 11.8 Å². The second-order valence-electron chi connectivity index (χ2n) is 6.66. The Balaban J connectivity index is 1.91. The minimum Gasteiger partial charge on any atom is -0.480 e. The van der Waals surface area contributed by atoms with Crippen LogP contribution < -0.4 is 0 Å². The van der Waals surface area contributed by atoms with E-state index in [9.17, 15) is 19.5 Å². The SMILES string of the molecule is CC(=O)SC[C@H]1[C@@H](C(=O)O)N(Cc2ccccc2)C(=O)N1Cc1ccccc1. The fraction of sp³-hybridized carbons (Fsp3) is 0.286. The number of thioether (sulfide) groups is 1. The quantitative estimate of drug-likeness (QED) is 0.775. The monoisotopic (exact) mass is 398 g/mol. The highest BCUT2D eigenvalue weighted by atomic mass is 32.2. The molecule has 2 amide bonds. The Labute approximate surface area is 168 Å². The number of carboxylic acid groups (broad SMARTS) is 1. The zero-order chi connectivity index (χ0) is 20.1. The summed E-state index contributed by atoms with van der Waals surface area (Å²) in [5.74, 6) is -0.815.